The minimum atomic E-state index is -3.37. The van der Waals surface area contributed by atoms with Crippen LogP contribution in [-0.2, 0) is 14.8 Å². The predicted molar refractivity (Wildman–Crippen MR) is 57.5 cm³/mol. The molecular formula is C9H16N2O4S. The van der Waals surface area contributed by atoms with E-state index in [1.54, 1.807) is 0 Å². The van der Waals surface area contributed by atoms with E-state index in [2.05, 4.69) is 5.32 Å². The monoisotopic (exact) mass is 248 g/mol. The van der Waals surface area contributed by atoms with Crippen LogP contribution in [0.5, 0.6) is 0 Å². The summed E-state index contributed by atoms with van der Waals surface area (Å²) in [5.41, 5.74) is 0. The van der Waals surface area contributed by atoms with Gasteiger partial charge in [-0.05, 0) is 24.9 Å². The van der Waals surface area contributed by atoms with Crippen LogP contribution in [0.3, 0.4) is 0 Å². The van der Waals surface area contributed by atoms with Crippen molar-refractivity contribution in [1.82, 2.24) is 9.62 Å². The van der Waals surface area contributed by atoms with Crippen molar-refractivity contribution >= 4 is 16.0 Å². The van der Waals surface area contributed by atoms with Gasteiger partial charge in [0.25, 0.3) is 0 Å². The molecule has 2 N–H and O–H groups in total. The van der Waals surface area contributed by atoms with Gasteiger partial charge in [-0.1, -0.05) is 0 Å². The quantitative estimate of drug-likeness (QED) is 0.662. The van der Waals surface area contributed by atoms with Crippen LogP contribution in [0.15, 0.2) is 0 Å². The molecule has 2 aliphatic heterocycles. The van der Waals surface area contributed by atoms with Crippen molar-refractivity contribution in [3.63, 3.8) is 0 Å². The average molecular weight is 248 g/mol. The number of hydrogen-bond acceptors (Lipinski definition) is 4. The molecule has 0 aliphatic carbocycles. The van der Waals surface area contributed by atoms with Crippen LogP contribution >= 0.6 is 0 Å². The van der Waals surface area contributed by atoms with E-state index < -0.39 is 16.0 Å². The maximum Gasteiger partial charge on any atom is 0.304 e. The molecule has 2 unspecified atom stereocenters. The number of sulfonamides is 1. The Hall–Kier alpha value is -0.660. The molecule has 2 aliphatic rings. The second-order valence-corrected chi connectivity index (χ2v) is 6.54. The zero-order valence-corrected chi connectivity index (χ0v) is 9.74. The van der Waals surface area contributed by atoms with E-state index in [0.29, 0.717) is 24.9 Å². The van der Waals surface area contributed by atoms with Crippen LogP contribution in [0.2, 0.25) is 0 Å². The number of nitrogens with zero attached hydrogens (tertiary/aromatic N) is 1. The third-order valence-electron chi connectivity index (χ3n) is 3.32. The Morgan fingerprint density at radius 1 is 1.31 bits per heavy atom. The maximum atomic E-state index is 11.8. The van der Waals surface area contributed by atoms with E-state index in [4.69, 9.17) is 5.11 Å². The van der Waals surface area contributed by atoms with Crippen molar-refractivity contribution in [2.24, 2.45) is 11.8 Å². The van der Waals surface area contributed by atoms with E-state index in [-0.39, 0.29) is 12.2 Å². The number of aliphatic carboxylic acids is 1. The lowest BCUT2D eigenvalue weighted by Gasteiger charge is -2.16. The van der Waals surface area contributed by atoms with Crippen molar-refractivity contribution in [1.29, 1.82) is 0 Å². The Morgan fingerprint density at radius 2 is 1.88 bits per heavy atom. The highest BCUT2D eigenvalue weighted by atomic mass is 32.2. The molecule has 16 heavy (non-hydrogen) atoms. The van der Waals surface area contributed by atoms with Gasteiger partial charge in [0, 0.05) is 13.1 Å². The Morgan fingerprint density at radius 3 is 2.38 bits per heavy atom. The van der Waals surface area contributed by atoms with E-state index >= 15 is 0 Å². The second-order valence-electron chi connectivity index (χ2n) is 4.46. The van der Waals surface area contributed by atoms with Crippen molar-refractivity contribution in [2.45, 2.75) is 6.42 Å². The van der Waals surface area contributed by atoms with Gasteiger partial charge in [0.15, 0.2) is 0 Å². The summed E-state index contributed by atoms with van der Waals surface area (Å²) in [6.07, 6.45) is -0.313. The number of hydrogen-bond donors (Lipinski definition) is 2. The largest absolute Gasteiger partial charge is 0.481 e. The molecule has 0 aromatic carbocycles. The zero-order chi connectivity index (χ0) is 11.8. The highest BCUT2D eigenvalue weighted by Crippen LogP contribution is 2.28. The first-order valence-corrected chi connectivity index (χ1v) is 7.00. The summed E-state index contributed by atoms with van der Waals surface area (Å²) in [5, 5.41) is 11.7. The number of fused-ring (bicyclic) bond motifs is 1. The van der Waals surface area contributed by atoms with E-state index in [1.807, 2.05) is 0 Å². The molecule has 0 saturated carbocycles. The summed E-state index contributed by atoms with van der Waals surface area (Å²) >= 11 is 0. The molecule has 0 aromatic heterocycles. The van der Waals surface area contributed by atoms with Gasteiger partial charge >= 0.3 is 5.97 Å². The summed E-state index contributed by atoms with van der Waals surface area (Å²) in [7, 11) is -3.37. The zero-order valence-electron chi connectivity index (χ0n) is 8.92. The fourth-order valence-electron chi connectivity index (χ4n) is 2.38. The first-order chi connectivity index (χ1) is 7.49. The molecule has 0 bridgehead atoms. The molecule has 0 amide bonds. The summed E-state index contributed by atoms with van der Waals surface area (Å²) < 4.78 is 25.1. The first kappa shape index (κ1) is 11.8. The lowest BCUT2D eigenvalue weighted by molar-refractivity contribution is -0.136. The normalized spacial score (nSPS) is 30.5. The molecule has 6 nitrogen and oxygen atoms in total. The van der Waals surface area contributed by atoms with Gasteiger partial charge in [0.2, 0.25) is 10.0 Å². The van der Waals surface area contributed by atoms with Crippen molar-refractivity contribution in [3.05, 3.63) is 0 Å². The molecule has 2 fully saturated rings. The van der Waals surface area contributed by atoms with Gasteiger partial charge in [0.05, 0.1) is 12.2 Å². The number of rotatable bonds is 4. The number of carboxylic acids is 1. The molecule has 92 valence electrons. The Bertz CT molecular complexity index is 369. The van der Waals surface area contributed by atoms with Crippen LogP contribution in [0.25, 0.3) is 0 Å². The Labute approximate surface area is 94.7 Å². The van der Waals surface area contributed by atoms with Gasteiger partial charge in [-0.25, -0.2) is 12.7 Å². The van der Waals surface area contributed by atoms with Gasteiger partial charge < -0.3 is 10.4 Å². The van der Waals surface area contributed by atoms with E-state index in [0.717, 1.165) is 13.1 Å². The minimum Gasteiger partial charge on any atom is -0.481 e. The fourth-order valence-corrected chi connectivity index (χ4v) is 3.91. The highest BCUT2D eigenvalue weighted by Gasteiger charge is 2.40. The fraction of sp³-hybridized carbons (Fsp3) is 0.889. The van der Waals surface area contributed by atoms with Crippen molar-refractivity contribution < 1.29 is 18.3 Å². The molecule has 7 heteroatoms. The van der Waals surface area contributed by atoms with Crippen molar-refractivity contribution in [3.8, 4) is 0 Å². The highest BCUT2D eigenvalue weighted by molar-refractivity contribution is 7.89. The standard InChI is InChI=1S/C9H16N2O4S/c12-9(13)1-2-16(14,15)11-5-7-3-10-4-8(7)6-11/h7-8,10H,1-6H2,(H,12,13). The van der Waals surface area contributed by atoms with E-state index in [9.17, 15) is 13.2 Å². The van der Waals surface area contributed by atoms with Crippen molar-refractivity contribution in [2.75, 3.05) is 31.9 Å². The Balaban J connectivity index is 1.95. The molecule has 2 rings (SSSR count). The van der Waals surface area contributed by atoms with Crippen LogP contribution in [0, 0.1) is 11.8 Å². The molecule has 2 atom stereocenters. The number of carboxylic acid groups (broad SMARTS) is 1. The summed E-state index contributed by atoms with van der Waals surface area (Å²) in [4.78, 5) is 10.4. The summed E-state index contributed by atoms with van der Waals surface area (Å²) in [6.45, 7) is 2.82. The first-order valence-electron chi connectivity index (χ1n) is 5.39. The molecule has 2 saturated heterocycles. The average Bonchev–Trinajstić information content (AvgIpc) is 2.73. The lowest BCUT2D eigenvalue weighted by Crippen LogP contribution is -2.34. The van der Waals surface area contributed by atoms with E-state index in [1.165, 1.54) is 4.31 Å². The minimum absolute atomic E-state index is 0.283. The number of carbonyl (C=O) groups is 1. The second kappa shape index (κ2) is 4.31. The topological polar surface area (TPSA) is 86.7 Å². The maximum absolute atomic E-state index is 11.8. The molecule has 0 spiro atoms. The third-order valence-corrected chi connectivity index (χ3v) is 5.13. The van der Waals surface area contributed by atoms with Crippen LogP contribution in [-0.4, -0.2) is 55.7 Å². The predicted octanol–water partition coefficient (Wildman–Crippen LogP) is -1.06. The molecular weight excluding hydrogens is 232 g/mol. The summed E-state index contributed by atoms with van der Waals surface area (Å²) in [5.74, 6) is -0.543. The molecule has 2 heterocycles. The van der Waals surface area contributed by atoms with Crippen LogP contribution in [0.4, 0.5) is 0 Å². The van der Waals surface area contributed by atoms with Crippen LogP contribution < -0.4 is 5.32 Å². The smallest absolute Gasteiger partial charge is 0.304 e. The molecule has 0 radical (unpaired) electrons. The lowest BCUT2D eigenvalue weighted by atomic mass is 10.0. The van der Waals surface area contributed by atoms with Gasteiger partial charge in [-0.3, -0.25) is 4.79 Å². The van der Waals surface area contributed by atoms with Gasteiger partial charge in [0.1, 0.15) is 0 Å². The summed E-state index contributed by atoms with van der Waals surface area (Å²) in [6, 6.07) is 0. The van der Waals surface area contributed by atoms with Crippen LogP contribution in [0.1, 0.15) is 6.42 Å². The third kappa shape index (κ3) is 2.36. The Kier molecular flexibility index (Phi) is 3.18. The van der Waals surface area contributed by atoms with Gasteiger partial charge in [-0.15, -0.1) is 0 Å². The SMILES string of the molecule is O=C(O)CCS(=O)(=O)N1CC2CNCC2C1. The van der Waals surface area contributed by atoms with Gasteiger partial charge in [-0.2, -0.15) is 0 Å². The number of nitrogens with one attached hydrogen (secondary N) is 1. The molecule has 0 aromatic rings.